The molecule has 4 atom stereocenters. The number of benzene rings is 2. The molecule has 0 unspecified atom stereocenters. The molecule has 0 amide bonds. The Morgan fingerprint density at radius 3 is 2.33 bits per heavy atom. The highest BCUT2D eigenvalue weighted by Crippen LogP contribution is 2.51. The fourth-order valence-corrected chi connectivity index (χ4v) is 4.27. The van der Waals surface area contributed by atoms with E-state index in [9.17, 15) is 5.11 Å². The second-order valence-corrected chi connectivity index (χ2v) is 7.85. The number of fused-ring (bicyclic) bond motifs is 1. The van der Waals surface area contributed by atoms with Gasteiger partial charge in [0, 0.05) is 12.7 Å². The lowest BCUT2D eigenvalue weighted by Crippen LogP contribution is -2.47. The Kier molecular flexibility index (Phi) is 7.14. The van der Waals surface area contributed by atoms with Crippen LogP contribution in [0, 0.1) is 5.92 Å². The molecular formula is C24H30O9. The van der Waals surface area contributed by atoms with Gasteiger partial charge in [0.05, 0.1) is 53.2 Å². The standard InChI is InChI=1S/C24H30O9/c1-26-10-11-30-15-8-9-18(27-2)16(12-15)21-17-13-31-23(24(17,25)14-32-21)33-22-19(28-3)6-5-7-20(22)29-4/h5-9,12,17,21,23,25H,10-11,13-14H2,1-4H3/t17-,21-,23+,24-/m1/s1. The van der Waals surface area contributed by atoms with Crippen molar-refractivity contribution in [1.82, 2.24) is 0 Å². The van der Waals surface area contributed by atoms with E-state index in [4.69, 9.17) is 37.9 Å². The molecule has 2 fully saturated rings. The molecule has 2 aliphatic rings. The molecule has 1 N–H and O–H groups in total. The summed E-state index contributed by atoms with van der Waals surface area (Å²) >= 11 is 0. The summed E-state index contributed by atoms with van der Waals surface area (Å²) in [7, 11) is 6.29. The molecule has 0 aromatic heterocycles. The number of rotatable bonds is 10. The zero-order valence-corrected chi connectivity index (χ0v) is 19.2. The van der Waals surface area contributed by atoms with Gasteiger partial charge in [-0.1, -0.05) is 6.07 Å². The Hall–Kier alpha value is -2.72. The summed E-state index contributed by atoms with van der Waals surface area (Å²) in [5, 5.41) is 11.6. The van der Waals surface area contributed by atoms with Crippen LogP contribution in [0.4, 0.5) is 0 Å². The third kappa shape index (κ3) is 4.41. The van der Waals surface area contributed by atoms with Crippen LogP contribution in [0.25, 0.3) is 0 Å². The highest BCUT2D eigenvalue weighted by molar-refractivity contribution is 5.51. The molecule has 180 valence electrons. The van der Waals surface area contributed by atoms with E-state index in [1.165, 1.54) is 14.2 Å². The van der Waals surface area contributed by atoms with Gasteiger partial charge in [-0.3, -0.25) is 0 Å². The van der Waals surface area contributed by atoms with Gasteiger partial charge in [-0.2, -0.15) is 0 Å². The molecule has 2 aromatic carbocycles. The zero-order valence-electron chi connectivity index (χ0n) is 19.2. The molecule has 0 spiro atoms. The number of hydrogen-bond acceptors (Lipinski definition) is 9. The molecule has 33 heavy (non-hydrogen) atoms. The van der Waals surface area contributed by atoms with Gasteiger partial charge in [0.2, 0.25) is 12.0 Å². The van der Waals surface area contributed by atoms with Crippen LogP contribution in [0.15, 0.2) is 36.4 Å². The molecule has 0 radical (unpaired) electrons. The molecule has 2 heterocycles. The third-order valence-electron chi connectivity index (χ3n) is 6.01. The minimum absolute atomic E-state index is 0.0301. The molecule has 9 nitrogen and oxygen atoms in total. The summed E-state index contributed by atoms with van der Waals surface area (Å²) in [6.07, 6.45) is -1.44. The van der Waals surface area contributed by atoms with E-state index < -0.39 is 18.0 Å². The molecular weight excluding hydrogens is 432 g/mol. The molecule has 0 aliphatic carbocycles. The van der Waals surface area contributed by atoms with Gasteiger partial charge in [-0.05, 0) is 30.3 Å². The summed E-state index contributed by atoms with van der Waals surface area (Å²) in [5.74, 6) is 2.22. The van der Waals surface area contributed by atoms with E-state index in [0.29, 0.717) is 42.0 Å². The van der Waals surface area contributed by atoms with Crippen LogP contribution in [-0.4, -0.2) is 71.9 Å². The first-order valence-electron chi connectivity index (χ1n) is 10.7. The van der Waals surface area contributed by atoms with Crippen molar-refractivity contribution < 1.29 is 43.0 Å². The summed E-state index contributed by atoms with van der Waals surface area (Å²) in [6, 6.07) is 10.8. The Morgan fingerprint density at radius 1 is 0.939 bits per heavy atom. The van der Waals surface area contributed by atoms with Crippen molar-refractivity contribution in [3.05, 3.63) is 42.0 Å². The average molecular weight is 462 g/mol. The van der Waals surface area contributed by atoms with Crippen molar-refractivity contribution in [3.8, 4) is 28.7 Å². The first kappa shape index (κ1) is 23.4. The van der Waals surface area contributed by atoms with Gasteiger partial charge < -0.3 is 43.0 Å². The normalized spacial score (nSPS) is 26.0. The van der Waals surface area contributed by atoms with Crippen LogP contribution in [0.3, 0.4) is 0 Å². The lowest BCUT2D eigenvalue weighted by atomic mass is 9.85. The minimum atomic E-state index is -1.38. The summed E-state index contributed by atoms with van der Waals surface area (Å²) in [4.78, 5) is 0. The van der Waals surface area contributed by atoms with Crippen LogP contribution in [0.2, 0.25) is 0 Å². The molecule has 0 bridgehead atoms. The zero-order chi connectivity index (χ0) is 23.4. The summed E-state index contributed by atoms with van der Waals surface area (Å²) < 4.78 is 45.2. The minimum Gasteiger partial charge on any atom is -0.496 e. The second kappa shape index (κ2) is 10.0. The monoisotopic (exact) mass is 462 g/mol. The van der Waals surface area contributed by atoms with E-state index in [0.717, 1.165) is 5.56 Å². The van der Waals surface area contributed by atoms with Gasteiger partial charge in [0.25, 0.3) is 0 Å². The SMILES string of the molecule is COCCOc1ccc(OC)c([C@H]2OC[C@]3(O)[C@H](Oc4c(OC)cccc4OC)OC[C@H]23)c1. The predicted molar refractivity (Wildman–Crippen MR) is 117 cm³/mol. The van der Waals surface area contributed by atoms with Crippen molar-refractivity contribution in [3.63, 3.8) is 0 Å². The van der Waals surface area contributed by atoms with E-state index in [2.05, 4.69) is 0 Å². The molecule has 0 saturated carbocycles. The lowest BCUT2D eigenvalue weighted by molar-refractivity contribution is -0.153. The van der Waals surface area contributed by atoms with Gasteiger partial charge in [-0.25, -0.2) is 0 Å². The molecule has 4 rings (SSSR count). The highest BCUT2D eigenvalue weighted by Gasteiger charge is 2.61. The Labute approximate surface area is 193 Å². The average Bonchev–Trinajstić information content (AvgIpc) is 3.34. The fourth-order valence-electron chi connectivity index (χ4n) is 4.27. The predicted octanol–water partition coefficient (Wildman–Crippen LogP) is 2.59. The van der Waals surface area contributed by atoms with Crippen LogP contribution >= 0.6 is 0 Å². The van der Waals surface area contributed by atoms with E-state index in [-0.39, 0.29) is 19.1 Å². The maximum atomic E-state index is 11.6. The summed E-state index contributed by atoms with van der Waals surface area (Å²) in [5.41, 5.74) is -0.610. The van der Waals surface area contributed by atoms with Crippen LogP contribution in [0.5, 0.6) is 28.7 Å². The number of methoxy groups -OCH3 is 4. The van der Waals surface area contributed by atoms with Crippen molar-refractivity contribution in [2.24, 2.45) is 5.92 Å². The van der Waals surface area contributed by atoms with Crippen molar-refractivity contribution in [2.75, 3.05) is 54.9 Å². The van der Waals surface area contributed by atoms with Crippen LogP contribution < -0.4 is 23.7 Å². The second-order valence-electron chi connectivity index (χ2n) is 7.85. The smallest absolute Gasteiger partial charge is 0.232 e. The first-order valence-corrected chi connectivity index (χ1v) is 10.7. The maximum Gasteiger partial charge on any atom is 0.232 e. The molecule has 9 heteroatoms. The fraction of sp³-hybridized carbons (Fsp3) is 0.500. The largest absolute Gasteiger partial charge is 0.496 e. The number of ether oxygens (including phenoxy) is 8. The van der Waals surface area contributed by atoms with Crippen LogP contribution in [0.1, 0.15) is 11.7 Å². The van der Waals surface area contributed by atoms with Crippen molar-refractivity contribution in [2.45, 2.75) is 18.0 Å². The van der Waals surface area contributed by atoms with Gasteiger partial charge >= 0.3 is 0 Å². The van der Waals surface area contributed by atoms with Gasteiger partial charge in [-0.15, -0.1) is 0 Å². The topological polar surface area (TPSA) is 94.1 Å². The Morgan fingerprint density at radius 2 is 1.67 bits per heavy atom. The highest BCUT2D eigenvalue weighted by atomic mass is 16.7. The molecule has 2 aromatic rings. The Balaban J connectivity index is 1.57. The summed E-state index contributed by atoms with van der Waals surface area (Å²) in [6.45, 7) is 1.16. The molecule has 2 saturated heterocycles. The lowest BCUT2D eigenvalue weighted by Gasteiger charge is -2.28. The van der Waals surface area contributed by atoms with Crippen LogP contribution in [-0.2, 0) is 14.2 Å². The van der Waals surface area contributed by atoms with E-state index in [1.807, 2.05) is 18.2 Å². The number of para-hydroxylation sites is 1. The first-order chi connectivity index (χ1) is 16.0. The quantitative estimate of drug-likeness (QED) is 0.535. The van der Waals surface area contributed by atoms with E-state index in [1.54, 1.807) is 32.4 Å². The number of hydrogen-bond donors (Lipinski definition) is 1. The van der Waals surface area contributed by atoms with Gasteiger partial charge in [0.15, 0.2) is 17.1 Å². The third-order valence-corrected chi connectivity index (χ3v) is 6.01. The van der Waals surface area contributed by atoms with Crippen molar-refractivity contribution in [1.29, 1.82) is 0 Å². The number of aliphatic hydroxyl groups is 1. The van der Waals surface area contributed by atoms with Crippen molar-refractivity contribution >= 4 is 0 Å². The van der Waals surface area contributed by atoms with E-state index >= 15 is 0 Å². The Bertz CT molecular complexity index is 927. The maximum absolute atomic E-state index is 11.6. The van der Waals surface area contributed by atoms with Gasteiger partial charge in [0.1, 0.15) is 18.1 Å². The molecule has 2 aliphatic heterocycles.